The molecule has 4 N–H and O–H groups in total. The molecular formula is C18H18N4O2. The molecule has 0 fully saturated rings. The van der Waals surface area contributed by atoms with Gasteiger partial charge in [0.25, 0.3) is 0 Å². The average molecular weight is 322 g/mol. The summed E-state index contributed by atoms with van der Waals surface area (Å²) < 4.78 is 1.92. The van der Waals surface area contributed by atoms with Gasteiger partial charge in [-0.1, -0.05) is 24.3 Å². The minimum Gasteiger partial charge on any atom is -0.351 e. The summed E-state index contributed by atoms with van der Waals surface area (Å²) in [6, 6.07) is 14.2. The summed E-state index contributed by atoms with van der Waals surface area (Å²) in [5.74, 6) is -0.146. The zero-order valence-corrected chi connectivity index (χ0v) is 13.2. The van der Waals surface area contributed by atoms with Crippen LogP contribution in [0.15, 0.2) is 54.7 Å². The maximum atomic E-state index is 12.3. The van der Waals surface area contributed by atoms with Crippen molar-refractivity contribution in [3.05, 3.63) is 60.3 Å². The van der Waals surface area contributed by atoms with Crippen molar-refractivity contribution in [3.8, 4) is 0 Å². The molecule has 3 rings (SSSR count). The Morgan fingerprint density at radius 1 is 1.04 bits per heavy atom. The van der Waals surface area contributed by atoms with E-state index in [2.05, 4.69) is 10.6 Å². The highest BCUT2D eigenvalue weighted by Crippen LogP contribution is 2.20. The van der Waals surface area contributed by atoms with Crippen LogP contribution in [0.2, 0.25) is 0 Å². The number of rotatable bonds is 4. The van der Waals surface area contributed by atoms with Crippen LogP contribution in [0.3, 0.4) is 0 Å². The number of aromatic nitrogens is 1. The molecule has 0 unspecified atom stereocenters. The molecule has 0 aliphatic heterocycles. The van der Waals surface area contributed by atoms with Crippen molar-refractivity contribution in [2.24, 2.45) is 5.73 Å². The number of anilines is 2. The van der Waals surface area contributed by atoms with E-state index in [1.807, 2.05) is 42.0 Å². The van der Waals surface area contributed by atoms with E-state index < -0.39 is 6.03 Å². The fourth-order valence-electron chi connectivity index (χ4n) is 2.73. The predicted molar refractivity (Wildman–Crippen MR) is 95.0 cm³/mol. The highest BCUT2D eigenvalue weighted by molar-refractivity contribution is 5.94. The number of aryl methyl sites for hydroxylation is 1. The summed E-state index contributed by atoms with van der Waals surface area (Å²) in [6.45, 7) is 2.23. The number of primary amides is 1. The van der Waals surface area contributed by atoms with Gasteiger partial charge in [0.05, 0.1) is 0 Å². The zero-order chi connectivity index (χ0) is 17.1. The SMILES string of the molecule is Cc1cn(CC(=O)Nc2cccc(NC(N)=O)c2)c2ccccc12. The summed E-state index contributed by atoms with van der Waals surface area (Å²) in [6.07, 6.45) is 1.97. The Hall–Kier alpha value is -3.28. The number of amides is 3. The standard InChI is InChI=1S/C18H18N4O2/c1-12-10-22(16-8-3-2-7-15(12)16)11-17(23)20-13-5-4-6-14(9-13)21-18(19)24/h2-10H,11H2,1H3,(H,20,23)(H3,19,21,24). The molecule has 24 heavy (non-hydrogen) atoms. The Morgan fingerprint density at radius 2 is 1.75 bits per heavy atom. The Morgan fingerprint density at radius 3 is 2.50 bits per heavy atom. The van der Waals surface area contributed by atoms with Crippen molar-refractivity contribution >= 4 is 34.2 Å². The Balaban J connectivity index is 1.74. The van der Waals surface area contributed by atoms with E-state index in [-0.39, 0.29) is 12.5 Å². The number of benzene rings is 2. The van der Waals surface area contributed by atoms with Crippen molar-refractivity contribution in [1.29, 1.82) is 0 Å². The summed E-state index contributed by atoms with van der Waals surface area (Å²) >= 11 is 0. The van der Waals surface area contributed by atoms with Crippen molar-refractivity contribution in [3.63, 3.8) is 0 Å². The van der Waals surface area contributed by atoms with Crippen molar-refractivity contribution in [2.45, 2.75) is 13.5 Å². The van der Waals surface area contributed by atoms with Gasteiger partial charge in [0.2, 0.25) is 5.91 Å². The Bertz CT molecular complexity index is 914. The highest BCUT2D eigenvalue weighted by atomic mass is 16.2. The minimum atomic E-state index is -0.646. The summed E-state index contributed by atoms with van der Waals surface area (Å²) in [7, 11) is 0. The van der Waals surface area contributed by atoms with Crippen LogP contribution in [0.1, 0.15) is 5.56 Å². The first kappa shape index (κ1) is 15.6. The number of hydrogen-bond donors (Lipinski definition) is 3. The molecule has 1 aromatic heterocycles. The summed E-state index contributed by atoms with van der Waals surface area (Å²) in [4.78, 5) is 23.2. The number of urea groups is 1. The second-order valence-electron chi connectivity index (χ2n) is 5.58. The van der Waals surface area contributed by atoms with Crippen LogP contribution in [0.25, 0.3) is 10.9 Å². The minimum absolute atomic E-state index is 0.146. The van der Waals surface area contributed by atoms with Gasteiger partial charge in [-0.25, -0.2) is 4.79 Å². The summed E-state index contributed by atoms with van der Waals surface area (Å²) in [5, 5.41) is 6.44. The van der Waals surface area contributed by atoms with Crippen LogP contribution in [0.4, 0.5) is 16.2 Å². The number of nitrogens with zero attached hydrogens (tertiary/aromatic N) is 1. The number of para-hydroxylation sites is 1. The lowest BCUT2D eigenvalue weighted by molar-refractivity contribution is -0.116. The fourth-order valence-corrected chi connectivity index (χ4v) is 2.73. The van der Waals surface area contributed by atoms with Crippen LogP contribution in [0, 0.1) is 6.92 Å². The van der Waals surface area contributed by atoms with E-state index in [1.54, 1.807) is 24.3 Å². The monoisotopic (exact) mass is 322 g/mol. The smallest absolute Gasteiger partial charge is 0.316 e. The maximum Gasteiger partial charge on any atom is 0.316 e. The Labute approximate surface area is 139 Å². The fraction of sp³-hybridized carbons (Fsp3) is 0.111. The number of fused-ring (bicyclic) bond motifs is 1. The molecule has 0 saturated heterocycles. The van der Waals surface area contributed by atoms with Gasteiger partial charge in [0.15, 0.2) is 0 Å². The van der Waals surface area contributed by atoms with Gasteiger partial charge in [-0.3, -0.25) is 4.79 Å². The highest BCUT2D eigenvalue weighted by Gasteiger charge is 2.09. The molecule has 3 amide bonds. The third-order valence-electron chi connectivity index (χ3n) is 3.72. The lowest BCUT2D eigenvalue weighted by Gasteiger charge is -2.09. The second-order valence-corrected chi connectivity index (χ2v) is 5.58. The molecule has 1 heterocycles. The van der Waals surface area contributed by atoms with E-state index in [4.69, 9.17) is 5.73 Å². The average Bonchev–Trinajstić information content (AvgIpc) is 2.83. The number of hydrogen-bond acceptors (Lipinski definition) is 2. The Kier molecular flexibility index (Phi) is 4.20. The first-order valence-corrected chi connectivity index (χ1v) is 7.54. The molecule has 0 bridgehead atoms. The van der Waals surface area contributed by atoms with Crippen LogP contribution in [-0.4, -0.2) is 16.5 Å². The largest absolute Gasteiger partial charge is 0.351 e. The van der Waals surface area contributed by atoms with Crippen LogP contribution in [-0.2, 0) is 11.3 Å². The summed E-state index contributed by atoms with van der Waals surface area (Å²) in [5.41, 5.74) is 8.37. The van der Waals surface area contributed by atoms with Gasteiger partial charge in [-0.2, -0.15) is 0 Å². The van der Waals surface area contributed by atoms with E-state index in [0.717, 1.165) is 16.5 Å². The number of nitrogens with one attached hydrogen (secondary N) is 2. The van der Waals surface area contributed by atoms with E-state index in [1.165, 1.54) is 0 Å². The lowest BCUT2D eigenvalue weighted by atomic mass is 10.2. The van der Waals surface area contributed by atoms with E-state index in [0.29, 0.717) is 11.4 Å². The second kappa shape index (κ2) is 6.45. The predicted octanol–water partition coefficient (Wildman–Crippen LogP) is 3.08. The lowest BCUT2D eigenvalue weighted by Crippen LogP contribution is -2.20. The number of carbonyl (C=O) groups is 2. The molecule has 3 aromatic rings. The molecule has 6 heteroatoms. The van der Waals surface area contributed by atoms with Crippen molar-refractivity contribution < 1.29 is 9.59 Å². The van der Waals surface area contributed by atoms with Gasteiger partial charge < -0.3 is 20.9 Å². The van der Waals surface area contributed by atoms with Gasteiger partial charge in [-0.15, -0.1) is 0 Å². The molecule has 122 valence electrons. The van der Waals surface area contributed by atoms with Crippen LogP contribution < -0.4 is 16.4 Å². The van der Waals surface area contributed by atoms with Crippen LogP contribution in [0.5, 0.6) is 0 Å². The maximum absolute atomic E-state index is 12.3. The zero-order valence-electron chi connectivity index (χ0n) is 13.2. The third kappa shape index (κ3) is 3.38. The van der Waals surface area contributed by atoms with Gasteiger partial charge in [0.1, 0.15) is 6.54 Å². The quantitative estimate of drug-likeness (QED) is 0.689. The molecule has 0 radical (unpaired) electrons. The first-order valence-electron chi connectivity index (χ1n) is 7.54. The number of nitrogens with two attached hydrogens (primary N) is 1. The first-order chi connectivity index (χ1) is 11.5. The van der Waals surface area contributed by atoms with E-state index >= 15 is 0 Å². The molecule has 2 aromatic carbocycles. The molecule has 0 spiro atoms. The third-order valence-corrected chi connectivity index (χ3v) is 3.72. The molecule has 0 saturated carbocycles. The molecule has 6 nitrogen and oxygen atoms in total. The van der Waals surface area contributed by atoms with Gasteiger partial charge >= 0.3 is 6.03 Å². The molecule has 0 aliphatic rings. The normalized spacial score (nSPS) is 10.5. The molecule has 0 atom stereocenters. The molecule has 0 aliphatic carbocycles. The topological polar surface area (TPSA) is 89.2 Å². The van der Waals surface area contributed by atoms with E-state index in [9.17, 15) is 9.59 Å². The van der Waals surface area contributed by atoms with Crippen molar-refractivity contribution in [2.75, 3.05) is 10.6 Å². The van der Waals surface area contributed by atoms with Crippen LogP contribution >= 0.6 is 0 Å². The van der Waals surface area contributed by atoms with Gasteiger partial charge in [-0.05, 0) is 36.8 Å². The van der Waals surface area contributed by atoms with Gasteiger partial charge in [0, 0.05) is 28.5 Å². The molecular weight excluding hydrogens is 304 g/mol. The number of carbonyl (C=O) groups excluding carboxylic acids is 2. The van der Waals surface area contributed by atoms with Crippen molar-refractivity contribution in [1.82, 2.24) is 4.57 Å².